The lowest BCUT2D eigenvalue weighted by molar-refractivity contribution is -0.150. The van der Waals surface area contributed by atoms with Crippen molar-refractivity contribution in [2.75, 3.05) is 19.0 Å². The summed E-state index contributed by atoms with van der Waals surface area (Å²) in [4.78, 5) is 23.0. The number of esters is 2. The minimum atomic E-state index is -4.04. The molecular weight excluding hydrogens is 396 g/mol. The van der Waals surface area contributed by atoms with E-state index in [2.05, 4.69) is 6.92 Å². The van der Waals surface area contributed by atoms with Gasteiger partial charge >= 0.3 is 11.9 Å². The molecule has 1 N–H and O–H groups in total. The van der Waals surface area contributed by atoms with E-state index in [1.165, 1.54) is 57.8 Å². The third-order valence-electron chi connectivity index (χ3n) is 4.60. The number of unbranched alkanes of at least 4 members (excludes halogenated alkanes) is 11. The van der Waals surface area contributed by atoms with Crippen molar-refractivity contribution in [1.29, 1.82) is 0 Å². The van der Waals surface area contributed by atoms with Gasteiger partial charge in [0, 0.05) is 0 Å². The van der Waals surface area contributed by atoms with Crippen LogP contribution in [0.5, 0.6) is 0 Å². The third kappa shape index (κ3) is 23.0. The standard InChI is InChI=1S/C21H40O7S/c1-2-3-4-5-6-7-8-9-10-11-12-13-17-27-20(22)15-16-21(23)28-18-14-19-29(24,25)26/h2-19H2,1H3,(H,24,25,26). The Balaban J connectivity index is 3.36. The maximum Gasteiger partial charge on any atom is 0.306 e. The molecule has 0 aliphatic carbocycles. The van der Waals surface area contributed by atoms with Crippen LogP contribution in [0.15, 0.2) is 0 Å². The van der Waals surface area contributed by atoms with Gasteiger partial charge in [0.05, 0.1) is 31.8 Å². The van der Waals surface area contributed by atoms with Gasteiger partial charge < -0.3 is 9.47 Å². The van der Waals surface area contributed by atoms with Crippen molar-refractivity contribution >= 4 is 22.1 Å². The van der Waals surface area contributed by atoms with Crippen molar-refractivity contribution in [3.8, 4) is 0 Å². The molecule has 172 valence electrons. The van der Waals surface area contributed by atoms with Gasteiger partial charge in [-0.3, -0.25) is 14.1 Å². The van der Waals surface area contributed by atoms with Crippen molar-refractivity contribution < 1.29 is 32.0 Å². The first kappa shape index (κ1) is 27.8. The van der Waals surface area contributed by atoms with Crippen molar-refractivity contribution in [2.24, 2.45) is 0 Å². The maximum atomic E-state index is 11.6. The number of carbonyl (C=O) groups excluding carboxylic acids is 2. The monoisotopic (exact) mass is 436 g/mol. The Morgan fingerprint density at radius 3 is 1.45 bits per heavy atom. The van der Waals surface area contributed by atoms with E-state index in [1.54, 1.807) is 0 Å². The second-order valence-corrected chi connectivity index (χ2v) is 9.04. The second-order valence-electron chi connectivity index (χ2n) is 7.47. The minimum Gasteiger partial charge on any atom is -0.466 e. The first-order valence-electron chi connectivity index (χ1n) is 11.1. The molecule has 0 aromatic rings. The van der Waals surface area contributed by atoms with Crippen molar-refractivity contribution in [3.63, 3.8) is 0 Å². The Morgan fingerprint density at radius 2 is 1.03 bits per heavy atom. The van der Waals surface area contributed by atoms with Gasteiger partial charge in [-0.1, -0.05) is 77.6 Å². The van der Waals surface area contributed by atoms with Gasteiger partial charge in [0.25, 0.3) is 10.1 Å². The molecule has 0 fully saturated rings. The van der Waals surface area contributed by atoms with Crippen molar-refractivity contribution in [1.82, 2.24) is 0 Å². The van der Waals surface area contributed by atoms with Crippen LogP contribution in [0.1, 0.15) is 103 Å². The van der Waals surface area contributed by atoms with Crippen LogP contribution in [-0.4, -0.2) is 43.9 Å². The van der Waals surface area contributed by atoms with E-state index in [0.717, 1.165) is 19.3 Å². The molecule has 0 radical (unpaired) electrons. The first-order valence-corrected chi connectivity index (χ1v) is 12.7. The lowest BCUT2D eigenvalue weighted by Gasteiger charge is -2.06. The van der Waals surface area contributed by atoms with Gasteiger partial charge in [-0.2, -0.15) is 8.42 Å². The average Bonchev–Trinajstić information content (AvgIpc) is 2.66. The molecule has 0 aliphatic rings. The Morgan fingerprint density at radius 1 is 0.655 bits per heavy atom. The zero-order valence-electron chi connectivity index (χ0n) is 18.0. The summed E-state index contributed by atoms with van der Waals surface area (Å²) in [6, 6.07) is 0. The summed E-state index contributed by atoms with van der Waals surface area (Å²) in [5.41, 5.74) is 0. The molecule has 0 amide bonds. The molecule has 0 saturated heterocycles. The summed E-state index contributed by atoms with van der Waals surface area (Å²) in [7, 11) is -4.04. The van der Waals surface area contributed by atoms with Gasteiger partial charge in [-0.05, 0) is 12.8 Å². The minimum absolute atomic E-state index is 0.0218. The molecule has 0 spiro atoms. The molecule has 0 rings (SSSR count). The van der Waals surface area contributed by atoms with Crippen molar-refractivity contribution in [3.05, 3.63) is 0 Å². The molecule has 0 aromatic heterocycles. The van der Waals surface area contributed by atoms with E-state index >= 15 is 0 Å². The second kappa shape index (κ2) is 18.9. The van der Waals surface area contributed by atoms with E-state index in [1.807, 2.05) is 0 Å². The predicted octanol–water partition coefficient (Wildman–Crippen LogP) is 4.83. The molecule has 7 nitrogen and oxygen atoms in total. The quantitative estimate of drug-likeness (QED) is 0.165. The lowest BCUT2D eigenvalue weighted by Crippen LogP contribution is -2.13. The Bertz CT molecular complexity index is 517. The number of carbonyl (C=O) groups is 2. The highest BCUT2D eigenvalue weighted by molar-refractivity contribution is 7.85. The Kier molecular flexibility index (Phi) is 18.1. The summed E-state index contributed by atoms with van der Waals surface area (Å²) in [5.74, 6) is -1.47. The molecule has 0 bridgehead atoms. The number of ether oxygens (including phenoxy) is 2. The summed E-state index contributed by atoms with van der Waals surface area (Å²) >= 11 is 0. The molecule has 0 saturated carbocycles. The average molecular weight is 437 g/mol. The number of hydrogen-bond donors (Lipinski definition) is 1. The molecule has 8 heteroatoms. The van der Waals surface area contributed by atoms with Crippen LogP contribution >= 0.6 is 0 Å². The molecule has 0 unspecified atom stereocenters. The van der Waals surface area contributed by atoms with Crippen LogP contribution in [0, 0.1) is 0 Å². The van der Waals surface area contributed by atoms with Crippen LogP contribution in [0.3, 0.4) is 0 Å². The van der Waals surface area contributed by atoms with Crippen LogP contribution < -0.4 is 0 Å². The normalized spacial score (nSPS) is 11.4. The summed E-state index contributed by atoms with van der Waals surface area (Å²) < 4.78 is 39.5. The van der Waals surface area contributed by atoms with Gasteiger partial charge in [0.15, 0.2) is 0 Å². The highest BCUT2D eigenvalue weighted by Crippen LogP contribution is 2.12. The Hall–Kier alpha value is -1.15. The molecule has 0 heterocycles. The molecule has 0 aliphatic heterocycles. The smallest absolute Gasteiger partial charge is 0.306 e. The largest absolute Gasteiger partial charge is 0.466 e. The van der Waals surface area contributed by atoms with Gasteiger partial charge in [0.1, 0.15) is 0 Å². The van der Waals surface area contributed by atoms with E-state index in [0.29, 0.717) is 6.61 Å². The highest BCUT2D eigenvalue weighted by atomic mass is 32.2. The number of hydrogen-bond acceptors (Lipinski definition) is 6. The fraction of sp³-hybridized carbons (Fsp3) is 0.905. The van der Waals surface area contributed by atoms with Crippen molar-refractivity contribution in [2.45, 2.75) is 103 Å². The molecule has 0 aromatic carbocycles. The summed E-state index contributed by atoms with van der Waals surface area (Å²) in [6.07, 6.45) is 14.8. The van der Waals surface area contributed by atoms with Crippen LogP contribution in [-0.2, 0) is 29.2 Å². The summed E-state index contributed by atoms with van der Waals surface area (Å²) in [5, 5.41) is 0. The maximum absolute atomic E-state index is 11.6. The van der Waals surface area contributed by atoms with E-state index in [4.69, 9.17) is 14.0 Å². The molecule has 0 atom stereocenters. The van der Waals surface area contributed by atoms with E-state index < -0.39 is 27.8 Å². The van der Waals surface area contributed by atoms with Crippen LogP contribution in [0.2, 0.25) is 0 Å². The van der Waals surface area contributed by atoms with Crippen LogP contribution in [0.25, 0.3) is 0 Å². The first-order chi connectivity index (χ1) is 13.8. The predicted molar refractivity (Wildman–Crippen MR) is 113 cm³/mol. The lowest BCUT2D eigenvalue weighted by atomic mass is 10.1. The SMILES string of the molecule is CCCCCCCCCCCCCCOC(=O)CCC(=O)OCCCS(=O)(=O)O. The molecular formula is C21H40O7S. The van der Waals surface area contributed by atoms with Gasteiger partial charge in [-0.25, -0.2) is 0 Å². The fourth-order valence-electron chi connectivity index (χ4n) is 2.90. The highest BCUT2D eigenvalue weighted by Gasteiger charge is 2.10. The summed E-state index contributed by atoms with van der Waals surface area (Å²) in [6.45, 7) is 2.51. The zero-order valence-corrected chi connectivity index (χ0v) is 18.8. The Labute approximate surface area is 176 Å². The van der Waals surface area contributed by atoms with Gasteiger partial charge in [0.2, 0.25) is 0 Å². The topological polar surface area (TPSA) is 107 Å². The van der Waals surface area contributed by atoms with Crippen LogP contribution in [0.4, 0.5) is 0 Å². The van der Waals surface area contributed by atoms with E-state index in [9.17, 15) is 18.0 Å². The number of rotatable bonds is 20. The molecule has 29 heavy (non-hydrogen) atoms. The zero-order chi connectivity index (χ0) is 21.8. The van der Waals surface area contributed by atoms with Gasteiger partial charge in [-0.15, -0.1) is 0 Å². The van der Waals surface area contributed by atoms with E-state index in [-0.39, 0.29) is 25.9 Å². The third-order valence-corrected chi connectivity index (χ3v) is 5.41. The fourth-order valence-corrected chi connectivity index (χ4v) is 3.39.